The molecule has 1 N–H and O–H groups in total. The number of carbonyl (C=O) groups is 3. The summed E-state index contributed by atoms with van der Waals surface area (Å²) in [5.41, 5.74) is 3.86. The first-order chi connectivity index (χ1) is 23.3. The molecule has 5 aromatic carbocycles. The summed E-state index contributed by atoms with van der Waals surface area (Å²) in [6, 6.07) is 36.6. The number of alkyl halides is 2. The first-order valence-corrected chi connectivity index (χ1v) is 17.1. The number of halogens is 2. The van der Waals surface area contributed by atoms with Crippen molar-refractivity contribution in [3.63, 3.8) is 0 Å². The maximum absolute atomic E-state index is 14.0. The van der Waals surface area contributed by atoms with E-state index < -0.39 is 21.6 Å². The van der Waals surface area contributed by atoms with E-state index in [9.17, 15) is 14.4 Å². The van der Waals surface area contributed by atoms with E-state index in [1.54, 1.807) is 0 Å². The second-order valence-electron chi connectivity index (χ2n) is 12.8. The Kier molecular flexibility index (Phi) is 7.54. The molecule has 9 rings (SSSR count). The summed E-state index contributed by atoms with van der Waals surface area (Å²) in [5, 5.41) is 5.08. The van der Waals surface area contributed by atoms with Crippen LogP contribution in [0.2, 0.25) is 0 Å². The molecule has 1 heterocycles. The largest absolute Gasteiger partial charge is 0.457 e. The van der Waals surface area contributed by atoms with Gasteiger partial charge >= 0.3 is 0 Å². The number of carbonyl (C=O) groups excluding carboxylic acids is 3. The topological polar surface area (TPSA) is 75.7 Å². The lowest BCUT2D eigenvalue weighted by Gasteiger charge is -2.54. The molecule has 0 radical (unpaired) electrons. The first-order valence-electron chi connectivity index (χ1n) is 16.3. The fourth-order valence-electron chi connectivity index (χ4n) is 7.92. The number of hydrogen-bond donors (Lipinski definition) is 1. The van der Waals surface area contributed by atoms with E-state index >= 15 is 0 Å². The van der Waals surface area contributed by atoms with Gasteiger partial charge in [0.05, 0.1) is 11.8 Å². The molecule has 5 aromatic rings. The fourth-order valence-corrected chi connectivity index (χ4v) is 9.02. The Morgan fingerprint density at radius 1 is 0.667 bits per heavy atom. The standard InChI is InChI=1S/C40H32Cl2N2O4/c41-39-29-14-5-6-15-30(29)40(42,32-17-8-7-16-31(32)39)36-35(39)37(46)44(38(36)47)24-9-1-2-19-34(45)43-26-20-22-27(23-21-26)48-33-18-10-12-25-11-3-4-13-28(25)33/h3-8,10-18,20-23,35-36H,1-2,9,19,24H2,(H,43,45)/t35-,36-,39?,40?/m0/s1. The van der Waals surface area contributed by atoms with E-state index in [0.717, 1.165) is 38.8 Å². The number of rotatable bonds is 9. The number of ether oxygens (including phenoxy) is 1. The van der Waals surface area contributed by atoms with Crippen molar-refractivity contribution in [3.05, 3.63) is 138 Å². The van der Waals surface area contributed by atoms with Crippen LogP contribution in [0.4, 0.5) is 5.69 Å². The fraction of sp³-hybridized carbons (Fsp3) is 0.225. The summed E-state index contributed by atoms with van der Waals surface area (Å²) in [7, 11) is 0. The summed E-state index contributed by atoms with van der Waals surface area (Å²) in [6.45, 7) is 0.261. The van der Waals surface area contributed by atoms with E-state index in [-0.39, 0.29) is 24.3 Å². The quantitative estimate of drug-likeness (QED) is 0.0964. The predicted molar refractivity (Wildman–Crippen MR) is 187 cm³/mol. The van der Waals surface area contributed by atoms with Crippen LogP contribution in [0.25, 0.3) is 10.8 Å². The highest BCUT2D eigenvalue weighted by Gasteiger charge is 2.72. The van der Waals surface area contributed by atoms with Gasteiger partial charge < -0.3 is 10.1 Å². The Balaban J connectivity index is 0.869. The average molecular weight is 676 g/mol. The van der Waals surface area contributed by atoms with Gasteiger partial charge in [-0.1, -0.05) is 91.3 Å². The van der Waals surface area contributed by atoms with Gasteiger partial charge in [0.25, 0.3) is 0 Å². The summed E-state index contributed by atoms with van der Waals surface area (Å²) >= 11 is 15.0. The zero-order valence-corrected chi connectivity index (χ0v) is 27.5. The van der Waals surface area contributed by atoms with Gasteiger partial charge in [0.15, 0.2) is 0 Å². The van der Waals surface area contributed by atoms with Gasteiger partial charge in [-0.05, 0) is 70.8 Å². The van der Waals surface area contributed by atoms with Gasteiger partial charge in [0, 0.05) is 24.0 Å². The summed E-state index contributed by atoms with van der Waals surface area (Å²) < 4.78 is 6.11. The minimum Gasteiger partial charge on any atom is -0.457 e. The van der Waals surface area contributed by atoms with Gasteiger partial charge in [0.1, 0.15) is 21.2 Å². The third-order valence-corrected chi connectivity index (χ3v) is 11.4. The van der Waals surface area contributed by atoms with E-state index in [2.05, 4.69) is 5.32 Å². The summed E-state index contributed by atoms with van der Waals surface area (Å²) in [6.07, 6.45) is 2.19. The minimum absolute atomic E-state index is 0.0997. The van der Waals surface area contributed by atoms with Crippen LogP contribution in [0.15, 0.2) is 115 Å². The molecule has 4 aliphatic rings. The highest BCUT2D eigenvalue weighted by molar-refractivity contribution is 6.36. The van der Waals surface area contributed by atoms with Gasteiger partial charge in [-0.2, -0.15) is 0 Å². The van der Waals surface area contributed by atoms with Crippen molar-refractivity contribution >= 4 is 57.4 Å². The molecule has 3 amide bonds. The molecule has 3 aliphatic carbocycles. The van der Waals surface area contributed by atoms with Crippen molar-refractivity contribution in [3.8, 4) is 11.5 Å². The number of amides is 3. The lowest BCUT2D eigenvalue weighted by atomic mass is 9.54. The van der Waals surface area contributed by atoms with Crippen LogP contribution in [0.5, 0.6) is 11.5 Å². The van der Waals surface area contributed by atoms with E-state index in [0.29, 0.717) is 37.1 Å². The average Bonchev–Trinajstić information content (AvgIpc) is 3.38. The number of hydrogen-bond acceptors (Lipinski definition) is 4. The Morgan fingerprint density at radius 3 is 1.81 bits per heavy atom. The molecule has 1 aliphatic heterocycles. The van der Waals surface area contributed by atoms with E-state index in [1.165, 1.54) is 4.90 Å². The van der Waals surface area contributed by atoms with Gasteiger partial charge in [0.2, 0.25) is 17.7 Å². The highest BCUT2D eigenvalue weighted by Crippen LogP contribution is 2.69. The minimum atomic E-state index is -1.17. The number of unbranched alkanes of at least 4 members (excludes halogenated alkanes) is 2. The normalized spacial score (nSPS) is 23.5. The van der Waals surface area contributed by atoms with Crippen molar-refractivity contribution in [2.24, 2.45) is 11.8 Å². The molecule has 0 spiro atoms. The van der Waals surface area contributed by atoms with Crippen LogP contribution in [0.1, 0.15) is 47.9 Å². The van der Waals surface area contributed by atoms with Crippen LogP contribution >= 0.6 is 23.2 Å². The molecular formula is C40H32Cl2N2O4. The van der Waals surface area contributed by atoms with Crippen molar-refractivity contribution in [1.29, 1.82) is 0 Å². The van der Waals surface area contributed by atoms with Crippen LogP contribution < -0.4 is 10.1 Å². The number of nitrogens with one attached hydrogen (secondary N) is 1. The maximum Gasteiger partial charge on any atom is 0.235 e. The second kappa shape index (κ2) is 11.8. The molecule has 1 fully saturated rings. The number of benzene rings is 5. The molecule has 48 heavy (non-hydrogen) atoms. The van der Waals surface area contributed by atoms with Crippen LogP contribution in [-0.2, 0) is 24.1 Å². The van der Waals surface area contributed by atoms with Crippen molar-refractivity contribution in [1.82, 2.24) is 4.90 Å². The molecule has 6 nitrogen and oxygen atoms in total. The number of imide groups is 1. The molecule has 0 aromatic heterocycles. The number of anilines is 1. The van der Waals surface area contributed by atoms with Crippen LogP contribution in [0, 0.1) is 11.8 Å². The molecular weight excluding hydrogens is 643 g/mol. The zero-order valence-electron chi connectivity index (χ0n) is 26.0. The molecule has 8 heteroatoms. The lowest BCUT2D eigenvalue weighted by molar-refractivity contribution is -0.140. The van der Waals surface area contributed by atoms with Crippen molar-refractivity contribution < 1.29 is 19.1 Å². The number of fused-ring (bicyclic) bond motifs is 1. The molecule has 2 atom stereocenters. The van der Waals surface area contributed by atoms with Crippen LogP contribution in [-0.4, -0.2) is 29.2 Å². The van der Waals surface area contributed by atoms with Crippen molar-refractivity contribution in [2.75, 3.05) is 11.9 Å². The molecule has 2 bridgehead atoms. The molecule has 1 saturated heterocycles. The predicted octanol–water partition coefficient (Wildman–Crippen LogP) is 8.72. The Morgan fingerprint density at radius 2 is 1.21 bits per heavy atom. The van der Waals surface area contributed by atoms with Crippen molar-refractivity contribution in [2.45, 2.75) is 35.4 Å². The SMILES string of the molecule is O=C(CCCCCN1C(=O)[C@@H]2[C@@H](C1=O)C1(Cl)c3ccccc3C2(Cl)c2ccccc21)Nc1ccc(Oc2cccc3ccccc23)cc1. The van der Waals surface area contributed by atoms with Gasteiger partial charge in [-0.3, -0.25) is 19.3 Å². The summed E-state index contributed by atoms with van der Waals surface area (Å²) in [5.74, 6) is -0.784. The maximum atomic E-state index is 14.0. The molecule has 0 saturated carbocycles. The van der Waals surface area contributed by atoms with E-state index in [1.807, 2.05) is 115 Å². The van der Waals surface area contributed by atoms with Gasteiger partial charge in [-0.15, -0.1) is 23.2 Å². The lowest BCUT2D eigenvalue weighted by Crippen LogP contribution is -2.57. The van der Waals surface area contributed by atoms with Gasteiger partial charge in [-0.25, -0.2) is 0 Å². The molecule has 0 unspecified atom stereocenters. The smallest absolute Gasteiger partial charge is 0.235 e. The Hall–Kier alpha value is -4.65. The highest BCUT2D eigenvalue weighted by atomic mass is 35.5. The summed E-state index contributed by atoms with van der Waals surface area (Å²) in [4.78, 5) is 39.6. The third-order valence-electron chi connectivity index (χ3n) is 10.1. The first kappa shape index (κ1) is 30.7. The number of nitrogens with zero attached hydrogens (tertiary/aromatic N) is 1. The number of likely N-dealkylation sites (tertiary alicyclic amines) is 1. The monoisotopic (exact) mass is 674 g/mol. The van der Waals surface area contributed by atoms with E-state index in [4.69, 9.17) is 27.9 Å². The Labute approximate surface area is 288 Å². The zero-order chi connectivity index (χ0) is 33.0. The Bertz CT molecular complexity index is 1970. The third kappa shape index (κ3) is 4.65. The van der Waals surface area contributed by atoms with Crippen LogP contribution in [0.3, 0.4) is 0 Å². The second-order valence-corrected chi connectivity index (χ2v) is 14.0. The molecule has 240 valence electrons.